The van der Waals surface area contributed by atoms with Gasteiger partial charge in [0.15, 0.2) is 0 Å². The summed E-state index contributed by atoms with van der Waals surface area (Å²) in [5, 5.41) is 2.52. The smallest absolute Gasteiger partial charge is 0.357 e. The molecule has 1 N–H and O–H groups in total. The van der Waals surface area contributed by atoms with Gasteiger partial charge in [-0.05, 0) is 59.7 Å². The average molecular weight is 521 g/mol. The Bertz CT molecular complexity index is 1500. The molecular formula is C28H19F4N3O3. The van der Waals surface area contributed by atoms with Crippen molar-refractivity contribution in [2.24, 2.45) is 11.8 Å². The lowest BCUT2D eigenvalue weighted by Crippen LogP contribution is -2.46. The number of fused-ring (bicyclic) bond motifs is 5. The minimum absolute atomic E-state index is 0.0848. The molecule has 3 aromatic carbocycles. The zero-order valence-electron chi connectivity index (χ0n) is 19.5. The highest BCUT2D eigenvalue weighted by Gasteiger charge is 2.64. The molecule has 0 bridgehead atoms. The zero-order chi connectivity index (χ0) is 26.8. The Morgan fingerprint density at radius 3 is 2.32 bits per heavy atom. The molecule has 3 aliphatic rings. The van der Waals surface area contributed by atoms with E-state index in [0.717, 1.165) is 40.3 Å². The number of hydrogen-bond donors (Lipinski definition) is 1. The summed E-state index contributed by atoms with van der Waals surface area (Å²) in [4.78, 5) is 43.7. The number of benzene rings is 3. The summed E-state index contributed by atoms with van der Waals surface area (Å²) in [6, 6.07) is 14.6. The molecule has 0 spiro atoms. The summed E-state index contributed by atoms with van der Waals surface area (Å²) in [5.74, 6) is -4.45. The van der Waals surface area contributed by atoms with Gasteiger partial charge in [-0.1, -0.05) is 30.3 Å². The first-order valence-corrected chi connectivity index (χ1v) is 11.8. The van der Waals surface area contributed by atoms with Crippen LogP contribution in [0.4, 0.5) is 28.9 Å². The van der Waals surface area contributed by atoms with Crippen LogP contribution < -0.4 is 10.2 Å². The summed E-state index contributed by atoms with van der Waals surface area (Å²) in [6.45, 7) is 0. The molecule has 3 heterocycles. The number of alkyl halides is 3. The van der Waals surface area contributed by atoms with Gasteiger partial charge in [-0.2, -0.15) is 13.2 Å². The SMILES string of the molecule is O=C(Nc1cccc(C(F)(F)F)c1)[C@@H]1[C@@H]2C(=O)N(c3ccc(F)cc3)C(=O)[C@@H]2[C@@H]2c3ccccc3C=CN12. The van der Waals surface area contributed by atoms with Crippen molar-refractivity contribution >= 4 is 35.2 Å². The molecular weight excluding hydrogens is 502 g/mol. The van der Waals surface area contributed by atoms with Crippen molar-refractivity contribution in [3.8, 4) is 0 Å². The van der Waals surface area contributed by atoms with Gasteiger partial charge in [-0.25, -0.2) is 9.29 Å². The van der Waals surface area contributed by atoms with E-state index in [0.29, 0.717) is 0 Å². The summed E-state index contributed by atoms with van der Waals surface area (Å²) in [5.41, 5.74) is 0.740. The number of carbonyl (C=O) groups is 3. The Kier molecular flexibility index (Phi) is 5.37. The van der Waals surface area contributed by atoms with E-state index in [4.69, 9.17) is 0 Å². The van der Waals surface area contributed by atoms with Crippen molar-refractivity contribution in [3.05, 3.63) is 102 Å². The predicted molar refractivity (Wildman–Crippen MR) is 130 cm³/mol. The topological polar surface area (TPSA) is 69.7 Å². The minimum Gasteiger partial charge on any atom is -0.357 e. The number of hydrogen-bond acceptors (Lipinski definition) is 4. The fraction of sp³-hybridized carbons (Fsp3) is 0.179. The third-order valence-corrected chi connectivity index (χ3v) is 7.27. The lowest BCUT2D eigenvalue weighted by Gasteiger charge is -2.35. The van der Waals surface area contributed by atoms with Crippen LogP contribution in [0.15, 0.2) is 79.0 Å². The molecule has 3 aromatic rings. The molecule has 0 aliphatic carbocycles. The van der Waals surface area contributed by atoms with E-state index in [9.17, 15) is 31.9 Å². The third-order valence-electron chi connectivity index (χ3n) is 7.27. The number of rotatable bonds is 3. The van der Waals surface area contributed by atoms with Crippen LogP contribution in [0.3, 0.4) is 0 Å². The van der Waals surface area contributed by atoms with Crippen LogP contribution in [0.2, 0.25) is 0 Å². The van der Waals surface area contributed by atoms with Gasteiger partial charge in [0.1, 0.15) is 11.9 Å². The molecule has 2 fully saturated rings. The second-order valence-corrected chi connectivity index (χ2v) is 9.39. The van der Waals surface area contributed by atoms with Crippen molar-refractivity contribution in [2.75, 3.05) is 10.2 Å². The van der Waals surface area contributed by atoms with Crippen molar-refractivity contribution < 1.29 is 31.9 Å². The van der Waals surface area contributed by atoms with Crippen LogP contribution in [0.25, 0.3) is 6.08 Å². The zero-order valence-corrected chi connectivity index (χ0v) is 19.5. The summed E-state index contributed by atoms with van der Waals surface area (Å²) in [6.07, 6.45) is -1.19. The van der Waals surface area contributed by atoms with E-state index in [-0.39, 0.29) is 11.4 Å². The Balaban J connectivity index is 1.41. The van der Waals surface area contributed by atoms with Gasteiger partial charge in [0.05, 0.1) is 29.1 Å². The van der Waals surface area contributed by atoms with E-state index in [1.165, 1.54) is 24.3 Å². The highest BCUT2D eigenvalue weighted by atomic mass is 19.4. The summed E-state index contributed by atoms with van der Waals surface area (Å²) < 4.78 is 53.2. The lowest BCUT2D eigenvalue weighted by atomic mass is 9.84. The van der Waals surface area contributed by atoms with Crippen LogP contribution in [0, 0.1) is 17.7 Å². The molecule has 6 nitrogen and oxygen atoms in total. The predicted octanol–water partition coefficient (Wildman–Crippen LogP) is 5.00. The first-order chi connectivity index (χ1) is 18.1. The van der Waals surface area contributed by atoms with Crippen LogP contribution in [0.5, 0.6) is 0 Å². The standard InChI is InChI=1S/C28H19F4N3O3/c29-17-8-10-19(11-9-17)35-26(37)21-22(27(35)38)24(34-13-12-15-4-1-2-7-20(15)23(21)34)25(36)33-18-6-3-5-16(14-18)28(30,31)32/h1-14,21-24H,(H,33,36)/t21-,22+,23-,24-/m0/s1. The maximum atomic E-state index is 13.7. The van der Waals surface area contributed by atoms with Gasteiger partial charge in [0.2, 0.25) is 17.7 Å². The van der Waals surface area contributed by atoms with Gasteiger partial charge in [0, 0.05) is 11.9 Å². The van der Waals surface area contributed by atoms with Crippen molar-refractivity contribution in [1.82, 2.24) is 4.90 Å². The Morgan fingerprint density at radius 1 is 0.868 bits per heavy atom. The quantitative estimate of drug-likeness (QED) is 0.389. The molecule has 6 rings (SSSR count). The van der Waals surface area contributed by atoms with E-state index >= 15 is 0 Å². The summed E-state index contributed by atoms with van der Waals surface area (Å²) in [7, 11) is 0. The maximum absolute atomic E-state index is 13.7. The number of nitrogens with one attached hydrogen (secondary N) is 1. The number of anilines is 2. The first-order valence-electron chi connectivity index (χ1n) is 11.8. The number of imide groups is 1. The van der Waals surface area contributed by atoms with Crippen molar-refractivity contribution in [1.29, 1.82) is 0 Å². The number of halogens is 4. The van der Waals surface area contributed by atoms with Crippen molar-refractivity contribution in [2.45, 2.75) is 18.3 Å². The molecule has 0 saturated carbocycles. The Hall–Kier alpha value is -4.47. The molecule has 4 atom stereocenters. The Morgan fingerprint density at radius 2 is 1.58 bits per heavy atom. The second kappa shape index (κ2) is 8.54. The third kappa shape index (κ3) is 3.67. The van der Waals surface area contributed by atoms with Crippen molar-refractivity contribution in [3.63, 3.8) is 0 Å². The lowest BCUT2D eigenvalue weighted by molar-refractivity contribution is -0.137. The molecule has 3 amide bonds. The molecule has 10 heteroatoms. The van der Waals surface area contributed by atoms with Gasteiger partial charge in [0.25, 0.3) is 0 Å². The summed E-state index contributed by atoms with van der Waals surface area (Å²) >= 11 is 0. The van der Waals surface area contributed by atoms with E-state index in [2.05, 4.69) is 5.32 Å². The first kappa shape index (κ1) is 23.9. The molecule has 3 aliphatic heterocycles. The number of nitrogens with zero attached hydrogens (tertiary/aromatic N) is 2. The second-order valence-electron chi connectivity index (χ2n) is 9.39. The number of carbonyl (C=O) groups excluding carboxylic acids is 3. The number of amides is 3. The molecule has 192 valence electrons. The largest absolute Gasteiger partial charge is 0.416 e. The Labute approximate surface area is 214 Å². The monoisotopic (exact) mass is 521 g/mol. The molecule has 38 heavy (non-hydrogen) atoms. The normalized spacial score (nSPS) is 23.8. The van der Waals surface area contributed by atoms with E-state index in [1.807, 2.05) is 18.2 Å². The van der Waals surface area contributed by atoms with Crippen LogP contribution >= 0.6 is 0 Å². The molecule has 2 saturated heterocycles. The van der Waals surface area contributed by atoms with Crippen LogP contribution in [-0.2, 0) is 20.6 Å². The molecule has 0 radical (unpaired) electrons. The van der Waals surface area contributed by atoms with Crippen LogP contribution in [-0.4, -0.2) is 28.7 Å². The van der Waals surface area contributed by atoms with Gasteiger partial charge < -0.3 is 10.2 Å². The van der Waals surface area contributed by atoms with Gasteiger partial charge in [-0.15, -0.1) is 0 Å². The molecule has 0 unspecified atom stereocenters. The highest BCUT2D eigenvalue weighted by molar-refractivity contribution is 6.24. The average Bonchev–Trinajstić information content (AvgIpc) is 3.37. The molecule has 0 aromatic heterocycles. The highest BCUT2D eigenvalue weighted by Crippen LogP contribution is 2.53. The van der Waals surface area contributed by atoms with Gasteiger partial charge in [-0.3, -0.25) is 14.4 Å². The van der Waals surface area contributed by atoms with E-state index in [1.54, 1.807) is 23.2 Å². The maximum Gasteiger partial charge on any atom is 0.416 e. The fourth-order valence-electron chi connectivity index (χ4n) is 5.69. The van der Waals surface area contributed by atoms with E-state index < -0.39 is 59.2 Å². The van der Waals surface area contributed by atoms with Gasteiger partial charge >= 0.3 is 6.18 Å². The fourth-order valence-corrected chi connectivity index (χ4v) is 5.69. The van der Waals surface area contributed by atoms with Crippen LogP contribution in [0.1, 0.15) is 22.7 Å². The minimum atomic E-state index is -4.60.